The quantitative estimate of drug-likeness (QED) is 0.468. The summed E-state index contributed by atoms with van der Waals surface area (Å²) in [5, 5.41) is 10.4. The first-order chi connectivity index (χ1) is 15.1. The minimum absolute atomic E-state index is 0.103. The average molecular weight is 415 g/mol. The van der Waals surface area contributed by atoms with E-state index in [1.165, 1.54) is 18.5 Å². The van der Waals surface area contributed by atoms with Gasteiger partial charge >= 0.3 is 0 Å². The molecule has 2 atom stereocenters. The van der Waals surface area contributed by atoms with E-state index in [1.807, 2.05) is 61.5 Å². The maximum atomic E-state index is 13.2. The van der Waals surface area contributed by atoms with E-state index < -0.39 is 6.04 Å². The molecule has 7 heteroatoms. The predicted molar refractivity (Wildman–Crippen MR) is 117 cm³/mol. The van der Waals surface area contributed by atoms with Gasteiger partial charge in [0, 0.05) is 11.7 Å². The minimum atomic E-state index is -0.587. The third kappa shape index (κ3) is 5.02. The molecule has 0 bridgehead atoms. The molecule has 1 amide bonds. The number of aromatic nitrogens is 3. The summed E-state index contributed by atoms with van der Waals surface area (Å²) in [6.45, 7) is 2.01. The van der Waals surface area contributed by atoms with Crippen LogP contribution in [-0.4, -0.2) is 20.7 Å². The van der Waals surface area contributed by atoms with Gasteiger partial charge in [0.05, 0.1) is 5.69 Å². The van der Waals surface area contributed by atoms with Crippen LogP contribution in [0.3, 0.4) is 0 Å². The van der Waals surface area contributed by atoms with Gasteiger partial charge in [0.25, 0.3) is 0 Å². The number of nitrogens with one attached hydrogen (secondary N) is 2. The number of benzene rings is 3. The molecule has 156 valence electrons. The van der Waals surface area contributed by atoms with Gasteiger partial charge in [-0.1, -0.05) is 42.5 Å². The molecule has 6 nitrogen and oxygen atoms in total. The zero-order valence-electron chi connectivity index (χ0n) is 16.9. The van der Waals surface area contributed by atoms with Gasteiger partial charge in [-0.3, -0.25) is 10.1 Å². The van der Waals surface area contributed by atoms with Crippen LogP contribution in [0.2, 0.25) is 0 Å². The normalized spacial score (nSPS) is 12.8. The van der Waals surface area contributed by atoms with Gasteiger partial charge in [0.1, 0.15) is 24.5 Å². The highest BCUT2D eigenvalue weighted by molar-refractivity contribution is 5.95. The fourth-order valence-corrected chi connectivity index (χ4v) is 3.32. The zero-order chi connectivity index (χ0) is 21.6. The molecule has 0 radical (unpaired) electrons. The standard InChI is InChI=1S/C24H22FN5O/c1-17(18-7-13-22(14-8-18)30-16-26-15-27-30)28-23(19-5-3-2-4-6-19)24(31)29-21-11-9-20(25)10-12-21/h2-17,23,28H,1H3,(H,29,31)/t17-,23+/m0/s1. The van der Waals surface area contributed by atoms with Crippen molar-refractivity contribution in [2.24, 2.45) is 0 Å². The van der Waals surface area contributed by atoms with Crippen LogP contribution < -0.4 is 10.6 Å². The summed E-state index contributed by atoms with van der Waals surface area (Å²) in [7, 11) is 0. The summed E-state index contributed by atoms with van der Waals surface area (Å²) in [5.74, 6) is -0.567. The van der Waals surface area contributed by atoms with E-state index in [-0.39, 0.29) is 17.8 Å². The van der Waals surface area contributed by atoms with Crippen molar-refractivity contribution in [2.75, 3.05) is 5.32 Å². The molecule has 3 aromatic carbocycles. The second-order valence-electron chi connectivity index (χ2n) is 7.16. The number of anilines is 1. The van der Waals surface area contributed by atoms with E-state index in [9.17, 15) is 9.18 Å². The maximum absolute atomic E-state index is 13.2. The number of amides is 1. The largest absolute Gasteiger partial charge is 0.324 e. The van der Waals surface area contributed by atoms with Gasteiger partial charge in [0.15, 0.2) is 0 Å². The molecule has 0 aliphatic heterocycles. The third-order valence-corrected chi connectivity index (χ3v) is 5.00. The predicted octanol–water partition coefficient (Wildman–Crippen LogP) is 4.44. The van der Waals surface area contributed by atoms with E-state index >= 15 is 0 Å². The van der Waals surface area contributed by atoms with Crippen LogP contribution in [0.5, 0.6) is 0 Å². The Morgan fingerprint density at radius 2 is 1.65 bits per heavy atom. The molecule has 0 unspecified atom stereocenters. The second-order valence-corrected chi connectivity index (χ2v) is 7.16. The Balaban J connectivity index is 1.52. The smallest absolute Gasteiger partial charge is 0.246 e. The van der Waals surface area contributed by atoms with Gasteiger partial charge in [-0.2, -0.15) is 5.10 Å². The van der Waals surface area contributed by atoms with Gasteiger partial charge in [0.2, 0.25) is 5.91 Å². The third-order valence-electron chi connectivity index (χ3n) is 5.00. The van der Waals surface area contributed by atoms with Crippen molar-refractivity contribution in [3.05, 3.63) is 108 Å². The van der Waals surface area contributed by atoms with E-state index in [0.717, 1.165) is 16.8 Å². The van der Waals surface area contributed by atoms with Crippen LogP contribution in [0.4, 0.5) is 10.1 Å². The van der Waals surface area contributed by atoms with Gasteiger partial charge in [-0.25, -0.2) is 14.1 Å². The highest BCUT2D eigenvalue weighted by Gasteiger charge is 2.23. The molecular formula is C24H22FN5O. The number of carbonyl (C=O) groups excluding carboxylic acids is 1. The molecule has 0 aliphatic rings. The molecule has 1 heterocycles. The molecule has 4 aromatic rings. The van der Waals surface area contributed by atoms with Crippen LogP contribution in [0.25, 0.3) is 5.69 Å². The van der Waals surface area contributed by atoms with Crippen molar-refractivity contribution < 1.29 is 9.18 Å². The van der Waals surface area contributed by atoms with Crippen molar-refractivity contribution in [3.63, 3.8) is 0 Å². The molecule has 1 aromatic heterocycles. The fourth-order valence-electron chi connectivity index (χ4n) is 3.32. The summed E-state index contributed by atoms with van der Waals surface area (Å²) < 4.78 is 14.9. The lowest BCUT2D eigenvalue weighted by molar-refractivity contribution is -0.118. The first kappa shape index (κ1) is 20.4. The summed E-state index contributed by atoms with van der Waals surface area (Å²) in [5.41, 5.74) is 3.31. The Morgan fingerprint density at radius 3 is 2.29 bits per heavy atom. The summed E-state index contributed by atoms with van der Waals surface area (Å²) in [6, 6.07) is 22.4. The van der Waals surface area contributed by atoms with E-state index in [4.69, 9.17) is 0 Å². The highest BCUT2D eigenvalue weighted by atomic mass is 19.1. The van der Waals surface area contributed by atoms with Crippen LogP contribution in [0.15, 0.2) is 91.5 Å². The van der Waals surface area contributed by atoms with Crippen LogP contribution in [0.1, 0.15) is 30.1 Å². The molecular weight excluding hydrogens is 393 g/mol. The Bertz CT molecular complexity index is 1110. The highest BCUT2D eigenvalue weighted by Crippen LogP contribution is 2.22. The summed E-state index contributed by atoms with van der Waals surface area (Å²) in [6.07, 6.45) is 3.13. The molecule has 2 N–H and O–H groups in total. The molecule has 0 saturated carbocycles. The zero-order valence-corrected chi connectivity index (χ0v) is 16.9. The van der Waals surface area contributed by atoms with Crippen molar-refractivity contribution in [1.29, 1.82) is 0 Å². The molecule has 0 aliphatic carbocycles. The van der Waals surface area contributed by atoms with E-state index in [2.05, 4.69) is 20.7 Å². The molecule has 0 fully saturated rings. The first-order valence-corrected chi connectivity index (χ1v) is 9.92. The summed E-state index contributed by atoms with van der Waals surface area (Å²) in [4.78, 5) is 17.1. The molecule has 4 rings (SSSR count). The number of nitrogens with zero attached hydrogens (tertiary/aromatic N) is 3. The Labute approximate surface area is 179 Å². The van der Waals surface area contributed by atoms with Crippen LogP contribution >= 0.6 is 0 Å². The first-order valence-electron chi connectivity index (χ1n) is 9.92. The van der Waals surface area contributed by atoms with E-state index in [0.29, 0.717) is 5.69 Å². The Kier molecular flexibility index (Phi) is 6.14. The van der Waals surface area contributed by atoms with Crippen LogP contribution in [-0.2, 0) is 4.79 Å². The maximum Gasteiger partial charge on any atom is 0.246 e. The number of hydrogen-bond acceptors (Lipinski definition) is 4. The van der Waals surface area contributed by atoms with Crippen molar-refractivity contribution in [3.8, 4) is 5.69 Å². The van der Waals surface area contributed by atoms with Gasteiger partial charge < -0.3 is 5.32 Å². The molecule has 0 spiro atoms. The second kappa shape index (κ2) is 9.32. The van der Waals surface area contributed by atoms with Crippen molar-refractivity contribution in [1.82, 2.24) is 20.1 Å². The summed E-state index contributed by atoms with van der Waals surface area (Å²) >= 11 is 0. The Morgan fingerprint density at radius 1 is 0.935 bits per heavy atom. The SMILES string of the molecule is C[C@H](N[C@@H](C(=O)Nc1ccc(F)cc1)c1ccccc1)c1ccc(-n2cncn2)cc1. The van der Waals surface area contributed by atoms with Gasteiger partial charge in [-0.05, 0) is 54.4 Å². The number of halogens is 1. The molecule has 0 saturated heterocycles. The van der Waals surface area contributed by atoms with Gasteiger partial charge in [-0.15, -0.1) is 0 Å². The number of carbonyl (C=O) groups is 1. The average Bonchev–Trinajstić information content (AvgIpc) is 3.34. The van der Waals surface area contributed by atoms with Crippen molar-refractivity contribution >= 4 is 11.6 Å². The monoisotopic (exact) mass is 415 g/mol. The molecule has 31 heavy (non-hydrogen) atoms. The lowest BCUT2D eigenvalue weighted by Crippen LogP contribution is -2.34. The Hall–Kier alpha value is -3.84. The lowest BCUT2D eigenvalue weighted by Gasteiger charge is -2.24. The minimum Gasteiger partial charge on any atom is -0.324 e. The number of hydrogen-bond donors (Lipinski definition) is 2. The number of rotatable bonds is 7. The van der Waals surface area contributed by atoms with E-state index in [1.54, 1.807) is 23.1 Å². The van der Waals surface area contributed by atoms with Crippen LogP contribution in [0, 0.1) is 5.82 Å². The van der Waals surface area contributed by atoms with Crippen molar-refractivity contribution in [2.45, 2.75) is 19.0 Å². The lowest BCUT2D eigenvalue weighted by atomic mass is 10.0. The topological polar surface area (TPSA) is 71.8 Å². The fraction of sp³-hybridized carbons (Fsp3) is 0.125.